The van der Waals surface area contributed by atoms with Crippen molar-refractivity contribution in [2.45, 2.75) is 13.5 Å². The van der Waals surface area contributed by atoms with E-state index in [1.165, 1.54) is 0 Å². The van der Waals surface area contributed by atoms with Crippen LogP contribution >= 0.6 is 0 Å². The first-order valence-corrected chi connectivity index (χ1v) is 5.02. The summed E-state index contributed by atoms with van der Waals surface area (Å²) in [5.74, 6) is -0.877. The second kappa shape index (κ2) is 3.98. The average Bonchev–Trinajstić information content (AvgIpc) is 2.12. The van der Waals surface area contributed by atoms with Crippen LogP contribution in [-0.2, 0) is 11.3 Å². The number of aromatic nitrogens is 1. The molecule has 1 aliphatic heterocycles. The van der Waals surface area contributed by atoms with Gasteiger partial charge in [0.2, 0.25) is 0 Å². The second-order valence-corrected chi connectivity index (χ2v) is 4.00. The van der Waals surface area contributed by atoms with Crippen LogP contribution in [0.25, 0.3) is 0 Å². The normalized spacial score (nSPS) is 17.4. The molecule has 1 N–H and O–H groups in total. The molecule has 4 nitrogen and oxygen atoms in total. The molecule has 1 aliphatic rings. The van der Waals surface area contributed by atoms with Gasteiger partial charge in [-0.2, -0.15) is 0 Å². The molecule has 0 saturated carbocycles. The first kappa shape index (κ1) is 10.1. The lowest BCUT2D eigenvalue weighted by Gasteiger charge is -2.36. The molecule has 15 heavy (non-hydrogen) atoms. The molecule has 4 heteroatoms. The van der Waals surface area contributed by atoms with Crippen molar-refractivity contribution in [2.24, 2.45) is 5.92 Å². The van der Waals surface area contributed by atoms with E-state index in [1.807, 2.05) is 19.1 Å². The maximum atomic E-state index is 10.6. The Morgan fingerprint density at radius 3 is 3.00 bits per heavy atom. The molecule has 0 unspecified atom stereocenters. The highest BCUT2D eigenvalue weighted by molar-refractivity contribution is 5.71. The van der Waals surface area contributed by atoms with Crippen LogP contribution in [-0.4, -0.2) is 34.0 Å². The standard InChI is InChI=1S/C11H14N2O2/c1-8-3-2-4-12-10(8)7-13-5-9(6-13)11(14)15/h2-4,9H,5-7H2,1H3,(H,14,15). The number of aryl methyl sites for hydroxylation is 1. The predicted octanol–water partition coefficient (Wildman–Crippen LogP) is 0.906. The van der Waals surface area contributed by atoms with Crippen LogP contribution < -0.4 is 0 Å². The van der Waals surface area contributed by atoms with Crippen molar-refractivity contribution in [3.05, 3.63) is 29.6 Å². The molecule has 1 fully saturated rings. The van der Waals surface area contributed by atoms with Crippen molar-refractivity contribution in [1.82, 2.24) is 9.88 Å². The largest absolute Gasteiger partial charge is 0.481 e. The third-order valence-corrected chi connectivity index (χ3v) is 2.80. The molecule has 2 rings (SSSR count). The molecule has 2 heterocycles. The van der Waals surface area contributed by atoms with Crippen molar-refractivity contribution < 1.29 is 9.90 Å². The first-order chi connectivity index (χ1) is 7.16. The van der Waals surface area contributed by atoms with E-state index in [9.17, 15) is 4.79 Å². The zero-order valence-corrected chi connectivity index (χ0v) is 8.68. The molecule has 0 aromatic carbocycles. The molecule has 0 spiro atoms. The van der Waals surface area contributed by atoms with E-state index in [4.69, 9.17) is 5.11 Å². The van der Waals surface area contributed by atoms with Crippen LogP contribution in [0, 0.1) is 12.8 Å². The molecule has 0 aliphatic carbocycles. The zero-order valence-electron chi connectivity index (χ0n) is 8.68. The topological polar surface area (TPSA) is 53.4 Å². The van der Waals surface area contributed by atoms with Crippen LogP contribution in [0.4, 0.5) is 0 Å². The van der Waals surface area contributed by atoms with Gasteiger partial charge in [0.15, 0.2) is 0 Å². The zero-order chi connectivity index (χ0) is 10.8. The summed E-state index contributed by atoms with van der Waals surface area (Å²) >= 11 is 0. The summed E-state index contributed by atoms with van der Waals surface area (Å²) < 4.78 is 0. The van der Waals surface area contributed by atoms with Gasteiger partial charge in [0.25, 0.3) is 0 Å². The van der Waals surface area contributed by atoms with E-state index in [0.717, 1.165) is 17.8 Å². The van der Waals surface area contributed by atoms with Gasteiger partial charge in [-0.25, -0.2) is 0 Å². The molecule has 80 valence electrons. The lowest BCUT2D eigenvalue weighted by Crippen LogP contribution is -2.49. The summed E-state index contributed by atoms with van der Waals surface area (Å²) in [7, 11) is 0. The summed E-state index contributed by atoms with van der Waals surface area (Å²) in [6, 6.07) is 3.94. The quantitative estimate of drug-likeness (QED) is 0.798. The van der Waals surface area contributed by atoms with Crippen LogP contribution in [0.2, 0.25) is 0 Å². The number of carbonyl (C=O) groups is 1. The van der Waals surface area contributed by atoms with E-state index < -0.39 is 5.97 Å². The Balaban J connectivity index is 1.90. The Hall–Kier alpha value is -1.42. The number of nitrogens with zero attached hydrogens (tertiary/aromatic N) is 2. The average molecular weight is 206 g/mol. The van der Waals surface area contributed by atoms with Gasteiger partial charge in [-0.15, -0.1) is 0 Å². The summed E-state index contributed by atoms with van der Waals surface area (Å²) in [5.41, 5.74) is 2.21. The molecule has 0 bridgehead atoms. The van der Waals surface area contributed by atoms with Crippen LogP contribution in [0.15, 0.2) is 18.3 Å². The van der Waals surface area contributed by atoms with Crippen molar-refractivity contribution in [3.8, 4) is 0 Å². The first-order valence-electron chi connectivity index (χ1n) is 5.02. The molecule has 0 radical (unpaired) electrons. The van der Waals surface area contributed by atoms with E-state index in [1.54, 1.807) is 6.20 Å². The Kier molecular flexibility index (Phi) is 2.68. The summed E-state index contributed by atoms with van der Waals surface area (Å²) in [6.07, 6.45) is 1.77. The Morgan fingerprint density at radius 1 is 1.67 bits per heavy atom. The number of carboxylic acids is 1. The lowest BCUT2D eigenvalue weighted by molar-refractivity contribution is -0.147. The number of rotatable bonds is 3. The van der Waals surface area contributed by atoms with Gasteiger partial charge in [-0.3, -0.25) is 14.7 Å². The fourth-order valence-corrected chi connectivity index (χ4v) is 1.75. The summed E-state index contributed by atoms with van der Waals surface area (Å²) in [5, 5.41) is 8.73. The number of pyridine rings is 1. The Labute approximate surface area is 88.6 Å². The highest BCUT2D eigenvalue weighted by atomic mass is 16.4. The second-order valence-electron chi connectivity index (χ2n) is 4.00. The fraction of sp³-hybridized carbons (Fsp3) is 0.455. The van der Waals surface area contributed by atoms with Gasteiger partial charge in [0.1, 0.15) is 0 Å². The number of hydrogen-bond donors (Lipinski definition) is 1. The highest BCUT2D eigenvalue weighted by Crippen LogP contribution is 2.18. The summed E-state index contributed by atoms with van der Waals surface area (Å²) in [6.45, 7) is 4.07. The number of likely N-dealkylation sites (tertiary alicyclic amines) is 1. The van der Waals surface area contributed by atoms with E-state index in [0.29, 0.717) is 13.1 Å². The summed E-state index contributed by atoms with van der Waals surface area (Å²) in [4.78, 5) is 17.0. The molecule has 1 aromatic rings. The van der Waals surface area contributed by atoms with Crippen molar-refractivity contribution >= 4 is 5.97 Å². The van der Waals surface area contributed by atoms with Crippen LogP contribution in [0.1, 0.15) is 11.3 Å². The third-order valence-electron chi connectivity index (χ3n) is 2.80. The van der Waals surface area contributed by atoms with Crippen LogP contribution in [0.3, 0.4) is 0 Å². The maximum absolute atomic E-state index is 10.6. The van der Waals surface area contributed by atoms with Gasteiger partial charge in [0, 0.05) is 25.8 Å². The van der Waals surface area contributed by atoms with Gasteiger partial charge in [0.05, 0.1) is 11.6 Å². The number of hydrogen-bond acceptors (Lipinski definition) is 3. The van der Waals surface area contributed by atoms with Crippen molar-refractivity contribution in [3.63, 3.8) is 0 Å². The van der Waals surface area contributed by atoms with E-state index in [2.05, 4.69) is 9.88 Å². The number of aliphatic carboxylic acids is 1. The van der Waals surface area contributed by atoms with Crippen LogP contribution in [0.5, 0.6) is 0 Å². The minimum atomic E-state index is -0.691. The van der Waals surface area contributed by atoms with Crippen molar-refractivity contribution in [2.75, 3.05) is 13.1 Å². The number of carboxylic acid groups (broad SMARTS) is 1. The smallest absolute Gasteiger partial charge is 0.309 e. The molecular formula is C11H14N2O2. The van der Waals surface area contributed by atoms with E-state index >= 15 is 0 Å². The molecule has 0 atom stereocenters. The minimum absolute atomic E-state index is 0.186. The Bertz CT molecular complexity index is 373. The molecule has 1 saturated heterocycles. The van der Waals surface area contributed by atoms with Gasteiger partial charge in [-0.05, 0) is 18.6 Å². The van der Waals surface area contributed by atoms with Gasteiger partial charge < -0.3 is 5.11 Å². The van der Waals surface area contributed by atoms with Crippen molar-refractivity contribution in [1.29, 1.82) is 0 Å². The van der Waals surface area contributed by atoms with E-state index in [-0.39, 0.29) is 5.92 Å². The lowest BCUT2D eigenvalue weighted by atomic mass is 10.00. The monoisotopic (exact) mass is 206 g/mol. The fourth-order valence-electron chi connectivity index (χ4n) is 1.75. The SMILES string of the molecule is Cc1cccnc1CN1CC(C(=O)O)C1. The predicted molar refractivity (Wildman–Crippen MR) is 55.4 cm³/mol. The Morgan fingerprint density at radius 2 is 2.40 bits per heavy atom. The maximum Gasteiger partial charge on any atom is 0.309 e. The molecular weight excluding hydrogens is 192 g/mol. The van der Waals surface area contributed by atoms with Gasteiger partial charge >= 0.3 is 5.97 Å². The van der Waals surface area contributed by atoms with Gasteiger partial charge in [-0.1, -0.05) is 6.07 Å². The molecule has 0 amide bonds. The minimum Gasteiger partial charge on any atom is -0.481 e. The molecule has 1 aromatic heterocycles. The third kappa shape index (κ3) is 2.15. The highest BCUT2D eigenvalue weighted by Gasteiger charge is 2.32.